The summed E-state index contributed by atoms with van der Waals surface area (Å²) in [6.45, 7) is 5.57. The van der Waals surface area contributed by atoms with Crippen LogP contribution in [-0.2, 0) is 17.9 Å². The lowest BCUT2D eigenvalue weighted by Gasteiger charge is -2.42. The monoisotopic (exact) mass is 480 g/mol. The first-order chi connectivity index (χ1) is 17.7. The summed E-state index contributed by atoms with van der Waals surface area (Å²) < 4.78 is 0. The maximum atomic E-state index is 5.86. The number of likely N-dealkylation sites (tertiary alicyclic amines) is 1. The molecule has 1 aromatic carbocycles. The first-order valence-corrected chi connectivity index (χ1v) is 12.5. The molecule has 1 saturated heterocycles. The van der Waals surface area contributed by atoms with Gasteiger partial charge in [-0.25, -0.2) is 4.98 Å². The smallest absolute Gasteiger partial charge is 0.142 e. The van der Waals surface area contributed by atoms with E-state index < -0.39 is 0 Å². The second-order valence-electron chi connectivity index (χ2n) is 9.33. The molecule has 184 valence electrons. The number of pyridine rings is 2. The number of nitrogens with zero attached hydrogens (tertiary/aromatic N) is 5. The molecule has 1 unspecified atom stereocenters. The number of hydrogen-bond acceptors (Lipinski definition) is 6. The molecule has 7 heteroatoms. The van der Waals surface area contributed by atoms with E-state index in [1.807, 2.05) is 48.9 Å². The van der Waals surface area contributed by atoms with E-state index in [1.165, 1.54) is 11.1 Å². The van der Waals surface area contributed by atoms with Crippen LogP contribution in [0.1, 0.15) is 58.7 Å². The first kappa shape index (κ1) is 23.9. The fourth-order valence-corrected chi connectivity index (χ4v) is 5.01. The van der Waals surface area contributed by atoms with Crippen LogP contribution < -0.4 is 0 Å². The molecule has 5 rings (SSSR count). The number of H-pyrrole nitrogens is 1. The minimum absolute atomic E-state index is 0.0633. The highest BCUT2D eigenvalue weighted by atomic mass is 16.6. The van der Waals surface area contributed by atoms with Crippen LogP contribution in [0.25, 0.3) is 0 Å². The number of nitrogens with one attached hydrogen (secondary N) is 1. The molecule has 0 radical (unpaired) electrons. The van der Waals surface area contributed by atoms with Crippen LogP contribution in [-0.4, -0.2) is 37.1 Å². The summed E-state index contributed by atoms with van der Waals surface area (Å²) in [7, 11) is 0. The van der Waals surface area contributed by atoms with Gasteiger partial charge in [-0.15, -0.1) is 0 Å². The summed E-state index contributed by atoms with van der Waals surface area (Å²) in [6, 6.07) is 18.5. The third-order valence-electron chi connectivity index (χ3n) is 6.85. The van der Waals surface area contributed by atoms with Gasteiger partial charge in [0, 0.05) is 50.1 Å². The van der Waals surface area contributed by atoms with Crippen LogP contribution >= 0.6 is 0 Å². The lowest BCUT2D eigenvalue weighted by molar-refractivity contribution is 0.102. The molecule has 0 saturated carbocycles. The van der Waals surface area contributed by atoms with Gasteiger partial charge in [-0.1, -0.05) is 47.6 Å². The average molecular weight is 481 g/mol. The van der Waals surface area contributed by atoms with Gasteiger partial charge < -0.3 is 9.82 Å². The van der Waals surface area contributed by atoms with Gasteiger partial charge in [0.2, 0.25) is 0 Å². The number of aryl methyl sites for hydroxylation is 2. The maximum absolute atomic E-state index is 5.86. The molecule has 36 heavy (non-hydrogen) atoms. The summed E-state index contributed by atoms with van der Waals surface area (Å²) in [6.07, 6.45) is 9.79. The van der Waals surface area contributed by atoms with Gasteiger partial charge in [-0.3, -0.25) is 14.9 Å². The SMILES string of the molecule is Cc1cccnc1C1CC(=NOCc2ccccc2)C[C@H](c2ncccc2C)N1CCc1cnc[nH]1. The molecule has 0 amide bonds. The van der Waals surface area contributed by atoms with Crippen molar-refractivity contribution in [2.75, 3.05) is 6.54 Å². The Kier molecular flexibility index (Phi) is 7.47. The molecule has 0 spiro atoms. The maximum Gasteiger partial charge on any atom is 0.142 e. The highest BCUT2D eigenvalue weighted by Crippen LogP contribution is 2.41. The summed E-state index contributed by atoms with van der Waals surface area (Å²) in [5.41, 5.74) is 7.77. The molecule has 2 atom stereocenters. The van der Waals surface area contributed by atoms with E-state index in [2.05, 4.69) is 58.1 Å². The second kappa shape index (κ2) is 11.3. The third-order valence-corrected chi connectivity index (χ3v) is 6.85. The number of oxime groups is 1. The molecule has 1 aliphatic heterocycles. The van der Waals surface area contributed by atoms with E-state index >= 15 is 0 Å². The predicted octanol–water partition coefficient (Wildman–Crippen LogP) is 5.51. The molecule has 1 fully saturated rings. The number of piperidine rings is 1. The van der Waals surface area contributed by atoms with Crippen molar-refractivity contribution >= 4 is 5.71 Å². The highest BCUT2D eigenvalue weighted by molar-refractivity contribution is 5.86. The van der Waals surface area contributed by atoms with Gasteiger partial charge in [0.1, 0.15) is 6.61 Å². The Labute approximate surface area is 212 Å². The van der Waals surface area contributed by atoms with Gasteiger partial charge >= 0.3 is 0 Å². The minimum atomic E-state index is 0.0633. The molecule has 7 nitrogen and oxygen atoms in total. The van der Waals surface area contributed by atoms with Gasteiger partial charge in [0.05, 0.1) is 35.5 Å². The van der Waals surface area contributed by atoms with Crippen molar-refractivity contribution in [3.8, 4) is 0 Å². The van der Waals surface area contributed by atoms with Gasteiger partial charge in [-0.05, 0) is 42.7 Å². The number of rotatable bonds is 8. The van der Waals surface area contributed by atoms with Crippen LogP contribution in [0.2, 0.25) is 0 Å². The fraction of sp³-hybridized carbons (Fsp3) is 0.310. The standard InChI is InChI=1S/C29H32N6O/c1-21-8-6-13-31-28(21)26-16-25(34-36-19-23-10-4-3-5-11-23)17-27(29-22(2)9-7-14-32-29)35(26)15-12-24-18-30-20-33-24/h3-11,13-14,18,20,26-27H,12,15-17,19H2,1-2H3,(H,30,33)/t26-,27?/m1/s1. The molecule has 1 aliphatic rings. The minimum Gasteiger partial charge on any atom is -0.391 e. The van der Waals surface area contributed by atoms with Crippen molar-refractivity contribution in [1.82, 2.24) is 24.8 Å². The molecule has 1 N–H and O–H groups in total. The van der Waals surface area contributed by atoms with Crippen molar-refractivity contribution in [1.29, 1.82) is 0 Å². The quantitative estimate of drug-likeness (QED) is 0.336. The van der Waals surface area contributed by atoms with E-state index in [9.17, 15) is 0 Å². The summed E-state index contributed by atoms with van der Waals surface area (Å²) >= 11 is 0. The van der Waals surface area contributed by atoms with E-state index in [0.717, 1.165) is 54.2 Å². The van der Waals surface area contributed by atoms with Crippen LogP contribution in [0.5, 0.6) is 0 Å². The van der Waals surface area contributed by atoms with Crippen LogP contribution in [0.4, 0.5) is 0 Å². The summed E-state index contributed by atoms with van der Waals surface area (Å²) in [5, 5.41) is 4.65. The predicted molar refractivity (Wildman–Crippen MR) is 140 cm³/mol. The Balaban J connectivity index is 1.49. The lowest BCUT2D eigenvalue weighted by Crippen LogP contribution is -2.42. The largest absolute Gasteiger partial charge is 0.391 e. The van der Waals surface area contributed by atoms with E-state index in [0.29, 0.717) is 6.61 Å². The van der Waals surface area contributed by atoms with Gasteiger partial charge in [-0.2, -0.15) is 0 Å². The molecule has 4 aromatic rings. The zero-order valence-corrected chi connectivity index (χ0v) is 20.8. The Morgan fingerprint density at radius 2 is 1.58 bits per heavy atom. The second-order valence-corrected chi connectivity index (χ2v) is 9.33. The van der Waals surface area contributed by atoms with Crippen LogP contribution in [0, 0.1) is 13.8 Å². The van der Waals surface area contributed by atoms with E-state index in [4.69, 9.17) is 14.8 Å². The van der Waals surface area contributed by atoms with Crippen molar-refractivity contribution < 1.29 is 4.84 Å². The van der Waals surface area contributed by atoms with Crippen molar-refractivity contribution in [3.05, 3.63) is 113 Å². The number of aromatic amines is 1. The Morgan fingerprint density at radius 1 is 0.917 bits per heavy atom. The third kappa shape index (κ3) is 5.52. The van der Waals surface area contributed by atoms with Crippen molar-refractivity contribution in [3.63, 3.8) is 0 Å². The normalized spacial score (nSPS) is 19.4. The van der Waals surface area contributed by atoms with E-state index in [-0.39, 0.29) is 12.1 Å². The van der Waals surface area contributed by atoms with Crippen LogP contribution in [0.15, 0.2) is 84.7 Å². The fourth-order valence-electron chi connectivity index (χ4n) is 5.01. The lowest BCUT2D eigenvalue weighted by atomic mass is 9.87. The Morgan fingerprint density at radius 3 is 2.17 bits per heavy atom. The van der Waals surface area contributed by atoms with Crippen LogP contribution in [0.3, 0.4) is 0 Å². The number of imidazole rings is 1. The van der Waals surface area contributed by atoms with E-state index in [1.54, 1.807) is 6.33 Å². The summed E-state index contributed by atoms with van der Waals surface area (Å²) in [5.74, 6) is 0. The zero-order chi connectivity index (χ0) is 24.7. The summed E-state index contributed by atoms with van der Waals surface area (Å²) in [4.78, 5) is 25.5. The zero-order valence-electron chi connectivity index (χ0n) is 20.8. The number of hydrogen-bond donors (Lipinski definition) is 1. The molecule has 0 bridgehead atoms. The molecular formula is C29H32N6O. The Bertz CT molecular complexity index is 1230. The molecule has 0 aliphatic carbocycles. The molecule has 3 aromatic heterocycles. The molecule has 4 heterocycles. The Hall–Kier alpha value is -3.84. The van der Waals surface area contributed by atoms with Gasteiger partial charge in [0.15, 0.2) is 0 Å². The highest BCUT2D eigenvalue weighted by Gasteiger charge is 2.38. The number of aromatic nitrogens is 4. The van der Waals surface area contributed by atoms with Crippen molar-refractivity contribution in [2.24, 2.45) is 5.16 Å². The van der Waals surface area contributed by atoms with Crippen molar-refractivity contribution in [2.45, 2.75) is 51.8 Å². The van der Waals surface area contributed by atoms with Gasteiger partial charge in [0.25, 0.3) is 0 Å². The topological polar surface area (TPSA) is 79.3 Å². The average Bonchev–Trinajstić information content (AvgIpc) is 3.43. The number of benzene rings is 1. The first-order valence-electron chi connectivity index (χ1n) is 12.5. The molecular weight excluding hydrogens is 448 g/mol.